The maximum Gasteiger partial charge on any atom is 0.253 e. The van der Waals surface area contributed by atoms with E-state index in [1.165, 1.54) is 28.8 Å². The summed E-state index contributed by atoms with van der Waals surface area (Å²) in [5, 5.41) is 0. The average Bonchev–Trinajstić information content (AvgIpc) is 2.80. The molecule has 0 radical (unpaired) electrons. The number of benzene rings is 2. The Morgan fingerprint density at radius 3 is 2.38 bits per heavy atom. The summed E-state index contributed by atoms with van der Waals surface area (Å²) in [6.45, 7) is 8.78. The third kappa shape index (κ3) is 4.79. The quantitative estimate of drug-likeness (QED) is 0.602. The van der Waals surface area contributed by atoms with Gasteiger partial charge in [-0.3, -0.25) is 4.79 Å². The summed E-state index contributed by atoms with van der Waals surface area (Å²) in [6.07, 6.45) is 1.63. The van der Waals surface area contributed by atoms with Crippen LogP contribution in [-0.2, 0) is 12.8 Å². The minimum atomic E-state index is -0.335. The van der Waals surface area contributed by atoms with Crippen molar-refractivity contribution in [2.24, 2.45) is 0 Å². The van der Waals surface area contributed by atoms with Crippen LogP contribution in [0.1, 0.15) is 45.5 Å². The molecule has 0 unspecified atom stereocenters. The van der Waals surface area contributed by atoms with Gasteiger partial charge in [-0.15, -0.1) is 0 Å². The molecule has 0 bridgehead atoms. The minimum Gasteiger partial charge on any atom is -0.353 e. The molecule has 1 aliphatic heterocycles. The molecule has 0 N–H and O–H groups in total. The van der Waals surface area contributed by atoms with Crippen LogP contribution in [0.5, 0.6) is 0 Å². The van der Waals surface area contributed by atoms with Gasteiger partial charge in [-0.25, -0.2) is 14.4 Å². The molecule has 32 heavy (non-hydrogen) atoms. The number of hydrogen-bond donors (Lipinski definition) is 0. The first-order chi connectivity index (χ1) is 15.4. The summed E-state index contributed by atoms with van der Waals surface area (Å²) < 4.78 is 13.2. The Bertz CT molecular complexity index is 1110. The topological polar surface area (TPSA) is 49.3 Å². The van der Waals surface area contributed by atoms with E-state index in [-0.39, 0.29) is 11.7 Å². The SMILES string of the molecule is CCc1nc(C)nc(N2CCN(C(=O)c3ccc(F)cc3)CC2)c1Cc1cccc(C)c1. The Hall–Kier alpha value is -3.28. The maximum absolute atomic E-state index is 13.2. The van der Waals surface area contributed by atoms with E-state index in [1.54, 1.807) is 12.1 Å². The van der Waals surface area contributed by atoms with E-state index in [1.807, 2.05) is 11.8 Å². The average molecular weight is 433 g/mol. The van der Waals surface area contributed by atoms with E-state index in [9.17, 15) is 9.18 Å². The third-order valence-corrected chi connectivity index (χ3v) is 5.94. The summed E-state index contributed by atoms with van der Waals surface area (Å²) >= 11 is 0. The molecule has 1 fully saturated rings. The smallest absolute Gasteiger partial charge is 0.253 e. The highest BCUT2D eigenvalue weighted by Crippen LogP contribution is 2.26. The fourth-order valence-electron chi connectivity index (χ4n) is 4.30. The Labute approximate surface area is 188 Å². The van der Waals surface area contributed by atoms with Crippen molar-refractivity contribution in [1.29, 1.82) is 0 Å². The van der Waals surface area contributed by atoms with Crippen molar-refractivity contribution in [2.75, 3.05) is 31.1 Å². The summed E-state index contributed by atoms with van der Waals surface area (Å²) in [4.78, 5) is 26.5. The van der Waals surface area contributed by atoms with Crippen LogP contribution >= 0.6 is 0 Å². The van der Waals surface area contributed by atoms with Gasteiger partial charge in [0.15, 0.2) is 0 Å². The number of rotatable bonds is 5. The zero-order chi connectivity index (χ0) is 22.7. The fourth-order valence-corrected chi connectivity index (χ4v) is 4.30. The third-order valence-electron chi connectivity index (χ3n) is 5.94. The number of carbonyl (C=O) groups excluding carboxylic acids is 1. The van der Waals surface area contributed by atoms with E-state index in [4.69, 9.17) is 9.97 Å². The number of amides is 1. The molecule has 166 valence electrons. The van der Waals surface area contributed by atoms with Crippen molar-refractivity contribution in [3.05, 3.63) is 88.1 Å². The number of halogens is 1. The fraction of sp³-hybridized carbons (Fsp3) is 0.346. The van der Waals surface area contributed by atoms with Crippen molar-refractivity contribution >= 4 is 11.7 Å². The zero-order valence-corrected chi connectivity index (χ0v) is 18.9. The van der Waals surface area contributed by atoms with Crippen LogP contribution in [0.25, 0.3) is 0 Å². The standard InChI is InChI=1S/C26H29FN4O/c1-4-24-23(17-20-7-5-6-18(2)16-20)25(29-19(3)28-24)30-12-14-31(15-13-30)26(32)21-8-10-22(27)11-9-21/h5-11,16H,4,12-15,17H2,1-3H3. The van der Waals surface area contributed by atoms with Gasteiger partial charge in [0.05, 0.1) is 0 Å². The van der Waals surface area contributed by atoms with E-state index < -0.39 is 0 Å². The first-order valence-electron chi connectivity index (χ1n) is 11.2. The van der Waals surface area contributed by atoms with Crippen LogP contribution in [0.2, 0.25) is 0 Å². The molecule has 1 saturated heterocycles. The Morgan fingerprint density at radius 2 is 1.72 bits per heavy atom. The highest BCUT2D eigenvalue weighted by atomic mass is 19.1. The molecule has 1 aliphatic rings. The predicted molar refractivity (Wildman–Crippen MR) is 125 cm³/mol. The van der Waals surface area contributed by atoms with Crippen molar-refractivity contribution in [3.63, 3.8) is 0 Å². The second-order valence-corrected chi connectivity index (χ2v) is 8.33. The normalized spacial score (nSPS) is 14.0. The summed E-state index contributed by atoms with van der Waals surface area (Å²) in [5.41, 5.74) is 5.26. The number of aromatic nitrogens is 2. The van der Waals surface area contributed by atoms with E-state index in [0.29, 0.717) is 31.7 Å². The summed E-state index contributed by atoms with van der Waals surface area (Å²) in [5.74, 6) is 1.36. The summed E-state index contributed by atoms with van der Waals surface area (Å²) in [6, 6.07) is 14.3. The van der Waals surface area contributed by atoms with Gasteiger partial charge in [0, 0.05) is 49.4 Å². The minimum absolute atomic E-state index is 0.0576. The van der Waals surface area contributed by atoms with Gasteiger partial charge in [0.25, 0.3) is 5.91 Å². The highest BCUT2D eigenvalue weighted by molar-refractivity contribution is 5.94. The van der Waals surface area contributed by atoms with Gasteiger partial charge in [-0.05, 0) is 50.1 Å². The molecule has 0 spiro atoms. The van der Waals surface area contributed by atoms with Crippen LogP contribution in [0.15, 0.2) is 48.5 Å². The molecular formula is C26H29FN4O. The second-order valence-electron chi connectivity index (χ2n) is 8.33. The van der Waals surface area contributed by atoms with Gasteiger partial charge >= 0.3 is 0 Å². The predicted octanol–water partition coefficient (Wildman–Crippen LogP) is 4.35. The van der Waals surface area contributed by atoms with Gasteiger partial charge in [-0.1, -0.05) is 36.8 Å². The van der Waals surface area contributed by atoms with Gasteiger partial charge in [0.1, 0.15) is 17.5 Å². The molecule has 0 saturated carbocycles. The molecule has 2 heterocycles. The maximum atomic E-state index is 13.2. The number of hydrogen-bond acceptors (Lipinski definition) is 4. The van der Waals surface area contributed by atoms with Crippen molar-refractivity contribution in [3.8, 4) is 0 Å². The Morgan fingerprint density at radius 1 is 1.00 bits per heavy atom. The van der Waals surface area contributed by atoms with Crippen molar-refractivity contribution < 1.29 is 9.18 Å². The molecule has 0 aliphatic carbocycles. The first kappa shape index (κ1) is 21.9. The number of carbonyl (C=O) groups is 1. The molecular weight excluding hydrogens is 403 g/mol. The number of aryl methyl sites for hydroxylation is 3. The highest BCUT2D eigenvalue weighted by Gasteiger charge is 2.25. The second kappa shape index (κ2) is 9.47. The molecule has 1 aromatic heterocycles. The zero-order valence-electron chi connectivity index (χ0n) is 18.9. The molecule has 6 heteroatoms. The van der Waals surface area contributed by atoms with E-state index >= 15 is 0 Å². The van der Waals surface area contributed by atoms with Crippen LogP contribution < -0.4 is 4.90 Å². The lowest BCUT2D eigenvalue weighted by molar-refractivity contribution is 0.0746. The molecule has 0 atom stereocenters. The summed E-state index contributed by atoms with van der Waals surface area (Å²) in [7, 11) is 0. The lowest BCUT2D eigenvalue weighted by atomic mass is 10.0. The van der Waals surface area contributed by atoms with Gasteiger partial charge in [-0.2, -0.15) is 0 Å². The molecule has 4 rings (SSSR count). The van der Waals surface area contributed by atoms with Crippen molar-refractivity contribution in [2.45, 2.75) is 33.6 Å². The lowest BCUT2D eigenvalue weighted by Gasteiger charge is -2.36. The number of anilines is 1. The number of piperazine rings is 1. The Balaban J connectivity index is 1.55. The molecule has 5 nitrogen and oxygen atoms in total. The van der Waals surface area contributed by atoms with Crippen LogP contribution in [0.3, 0.4) is 0 Å². The van der Waals surface area contributed by atoms with E-state index in [2.05, 4.69) is 43.0 Å². The number of nitrogens with zero attached hydrogens (tertiary/aromatic N) is 4. The molecule has 3 aromatic rings. The van der Waals surface area contributed by atoms with Crippen molar-refractivity contribution in [1.82, 2.24) is 14.9 Å². The van der Waals surface area contributed by atoms with Crippen LogP contribution in [0, 0.1) is 19.7 Å². The lowest BCUT2D eigenvalue weighted by Crippen LogP contribution is -2.49. The molecule has 1 amide bonds. The largest absolute Gasteiger partial charge is 0.353 e. The van der Waals surface area contributed by atoms with Crippen LogP contribution in [0.4, 0.5) is 10.2 Å². The monoisotopic (exact) mass is 432 g/mol. The van der Waals surface area contributed by atoms with E-state index in [0.717, 1.165) is 30.2 Å². The Kier molecular flexibility index (Phi) is 6.49. The van der Waals surface area contributed by atoms with Gasteiger partial charge < -0.3 is 9.80 Å². The van der Waals surface area contributed by atoms with Gasteiger partial charge in [0.2, 0.25) is 0 Å². The van der Waals surface area contributed by atoms with Crippen LogP contribution in [-0.4, -0.2) is 47.0 Å². The first-order valence-corrected chi connectivity index (χ1v) is 11.2. The molecule has 2 aromatic carbocycles.